The van der Waals surface area contributed by atoms with Gasteiger partial charge in [0.1, 0.15) is 0 Å². The van der Waals surface area contributed by atoms with Crippen molar-refractivity contribution < 1.29 is 0 Å². The van der Waals surface area contributed by atoms with Gasteiger partial charge in [-0.05, 0) is 61.5 Å². The summed E-state index contributed by atoms with van der Waals surface area (Å²) < 4.78 is 0. The van der Waals surface area contributed by atoms with Gasteiger partial charge in [0.25, 0.3) is 12.6 Å². The molecule has 2 saturated carbocycles. The van der Waals surface area contributed by atoms with Crippen LogP contribution in [-0.2, 0) is 0 Å². The van der Waals surface area contributed by atoms with Crippen molar-refractivity contribution in [3.8, 4) is 6.57 Å². The molecule has 5 aliphatic carbocycles. The van der Waals surface area contributed by atoms with Gasteiger partial charge in [0.15, 0.2) is 0 Å². The van der Waals surface area contributed by atoms with Crippen LogP contribution in [0.1, 0.15) is 53.4 Å². The third-order valence-electron chi connectivity index (χ3n) is 10.3. The highest BCUT2D eigenvalue weighted by Gasteiger charge is 2.72. The van der Waals surface area contributed by atoms with Crippen LogP contribution in [0.5, 0.6) is 0 Å². The summed E-state index contributed by atoms with van der Waals surface area (Å²) in [6.07, 6.45) is 18.5. The van der Waals surface area contributed by atoms with Crippen molar-refractivity contribution in [2.75, 3.05) is 0 Å². The minimum atomic E-state index is -0.0199. The highest BCUT2D eigenvalue weighted by Crippen LogP contribution is 2.73. The van der Waals surface area contributed by atoms with Crippen LogP contribution in [0.2, 0.25) is 0 Å². The van der Waals surface area contributed by atoms with Crippen molar-refractivity contribution in [3.63, 3.8) is 0 Å². The van der Waals surface area contributed by atoms with Gasteiger partial charge in [0.2, 0.25) is 0 Å². The van der Waals surface area contributed by atoms with Gasteiger partial charge >= 0.3 is 0 Å². The van der Waals surface area contributed by atoms with E-state index in [0.29, 0.717) is 35.5 Å². The number of hydrogen-bond donors (Lipinski definition) is 0. The Bertz CT molecular complexity index is 996. The first-order valence-electron chi connectivity index (χ1n) is 12.3. The molecule has 1 heteroatoms. The second-order valence-corrected chi connectivity index (χ2v) is 11.3. The summed E-state index contributed by atoms with van der Waals surface area (Å²) in [5, 5.41) is 0. The van der Waals surface area contributed by atoms with Crippen LogP contribution < -0.4 is 0 Å². The zero-order valence-corrected chi connectivity index (χ0v) is 19.8. The maximum atomic E-state index is 6.24. The van der Waals surface area contributed by atoms with Crippen LogP contribution in [0.3, 0.4) is 0 Å². The lowest BCUT2D eigenvalue weighted by Gasteiger charge is -2.60. The second-order valence-electron chi connectivity index (χ2n) is 11.3. The fraction of sp³-hybridized carbons (Fsp3) is 0.567. The highest BCUT2D eigenvalue weighted by molar-refractivity contribution is 5.47. The normalized spacial score (nSPS) is 47.6. The lowest BCUT2D eigenvalue weighted by Crippen LogP contribution is -2.60. The average molecular weight is 413 g/mol. The number of fused-ring (bicyclic) bond motifs is 4. The van der Waals surface area contributed by atoms with Crippen LogP contribution in [-0.4, -0.2) is 6.04 Å². The van der Waals surface area contributed by atoms with Crippen molar-refractivity contribution in [2.45, 2.75) is 59.4 Å². The molecule has 0 spiro atoms. The van der Waals surface area contributed by atoms with Crippen LogP contribution in [0, 0.1) is 52.9 Å². The molecule has 7 unspecified atom stereocenters. The molecule has 0 aromatic rings. The summed E-state index contributed by atoms with van der Waals surface area (Å²) in [5.41, 5.74) is 6.23. The number of rotatable bonds is 3. The van der Waals surface area contributed by atoms with Crippen molar-refractivity contribution >= 4 is 0 Å². The molecule has 0 bridgehead atoms. The molecule has 2 fully saturated rings. The first kappa shape index (κ1) is 20.8. The molecular weight excluding hydrogens is 374 g/mol. The summed E-state index contributed by atoms with van der Waals surface area (Å²) in [6, 6.07) is 0.183. The Balaban J connectivity index is 1.71. The summed E-state index contributed by atoms with van der Waals surface area (Å²) >= 11 is 0. The van der Waals surface area contributed by atoms with Crippen LogP contribution >= 0.6 is 0 Å². The Hall–Kier alpha value is -2.07. The van der Waals surface area contributed by atoms with E-state index in [1.165, 1.54) is 18.4 Å². The SMILES string of the molecule is C#[N+][C@H]1C2CC3C[C@@H](C4=CCC=C4)C(C)=C3C2(C)C(CC=C)C2(C)C(=C)C=CC(C)C12. The highest BCUT2D eigenvalue weighted by atomic mass is 14.8. The Labute approximate surface area is 189 Å². The molecule has 0 N–H and O–H groups in total. The molecule has 0 saturated heterocycles. The Morgan fingerprint density at radius 1 is 1.23 bits per heavy atom. The molecule has 9 atom stereocenters. The van der Waals surface area contributed by atoms with Crippen LogP contribution in [0.4, 0.5) is 0 Å². The van der Waals surface area contributed by atoms with Gasteiger partial charge in [0, 0.05) is 22.7 Å². The predicted octanol–water partition coefficient (Wildman–Crippen LogP) is 7.77. The van der Waals surface area contributed by atoms with E-state index in [0.717, 1.165) is 12.8 Å². The maximum Gasteiger partial charge on any atom is 0.279 e. The number of hydrogen-bond acceptors (Lipinski definition) is 0. The molecule has 5 aliphatic rings. The van der Waals surface area contributed by atoms with E-state index in [1.807, 2.05) is 0 Å². The van der Waals surface area contributed by atoms with E-state index in [1.54, 1.807) is 16.7 Å². The molecule has 0 aliphatic heterocycles. The van der Waals surface area contributed by atoms with E-state index in [4.69, 9.17) is 6.57 Å². The summed E-state index contributed by atoms with van der Waals surface area (Å²) in [4.78, 5) is 4.65. The quantitative estimate of drug-likeness (QED) is 0.417. The minimum Gasteiger partial charge on any atom is -0.103 e. The molecule has 0 amide bonds. The average Bonchev–Trinajstić information content (AvgIpc) is 3.44. The summed E-state index contributed by atoms with van der Waals surface area (Å²) in [6.45, 7) is 24.8. The van der Waals surface area contributed by atoms with Gasteiger partial charge in [-0.25, -0.2) is 0 Å². The molecule has 0 radical (unpaired) electrons. The minimum absolute atomic E-state index is 0.0199. The molecule has 0 aromatic carbocycles. The van der Waals surface area contributed by atoms with Crippen molar-refractivity contribution in [1.82, 2.24) is 0 Å². The van der Waals surface area contributed by atoms with E-state index < -0.39 is 0 Å². The van der Waals surface area contributed by atoms with E-state index in [2.05, 4.69) is 82.2 Å². The van der Waals surface area contributed by atoms with Crippen molar-refractivity contribution in [2.24, 2.45) is 46.3 Å². The predicted molar refractivity (Wildman–Crippen MR) is 132 cm³/mol. The third kappa shape index (κ3) is 2.49. The summed E-state index contributed by atoms with van der Waals surface area (Å²) in [5.74, 6) is 3.11. The standard InChI is InChI=1S/C30H38N/c1-8-11-25-29(5)19(3)15-14-18(2)26(29)28(31-7)24-17-22-16-23(21-12-9-10-13-21)20(4)27(22)30(24,25)6/h7-9,12-15,18,22-26,28H,1,3,10-11,16-17H2,2,4-6H3/q+1/t18?,22?,23-,24?,25?,26?,28+,29?,30?/m1/s1. The van der Waals surface area contributed by atoms with Crippen molar-refractivity contribution in [1.29, 1.82) is 0 Å². The first-order chi connectivity index (χ1) is 14.8. The zero-order chi connectivity index (χ0) is 22.1. The zero-order valence-electron chi connectivity index (χ0n) is 19.8. The molecule has 1 nitrogen and oxygen atoms in total. The number of allylic oxidation sites excluding steroid dienone is 10. The van der Waals surface area contributed by atoms with Gasteiger partial charge in [-0.3, -0.25) is 0 Å². The fourth-order valence-corrected chi connectivity index (χ4v) is 9.16. The lowest BCUT2D eigenvalue weighted by molar-refractivity contribution is -0.0625. The van der Waals surface area contributed by atoms with Gasteiger partial charge in [-0.2, -0.15) is 0 Å². The summed E-state index contributed by atoms with van der Waals surface area (Å²) in [7, 11) is 0. The smallest absolute Gasteiger partial charge is 0.103 e. The van der Waals surface area contributed by atoms with Crippen LogP contribution in [0.15, 0.2) is 71.9 Å². The van der Waals surface area contributed by atoms with Crippen LogP contribution in [0.25, 0.3) is 4.85 Å². The van der Waals surface area contributed by atoms with Gasteiger partial charge in [-0.15, -0.1) is 6.58 Å². The fourth-order valence-electron chi connectivity index (χ4n) is 9.16. The van der Waals surface area contributed by atoms with Gasteiger partial charge < -0.3 is 0 Å². The first-order valence-corrected chi connectivity index (χ1v) is 12.3. The Morgan fingerprint density at radius 3 is 2.65 bits per heavy atom. The third-order valence-corrected chi connectivity index (χ3v) is 10.3. The molecule has 5 rings (SSSR count). The molecule has 31 heavy (non-hydrogen) atoms. The monoisotopic (exact) mass is 412 g/mol. The maximum absolute atomic E-state index is 6.24. The number of nitrogens with zero attached hydrogens (tertiary/aromatic N) is 1. The Kier molecular flexibility index (Phi) is 4.68. The van der Waals surface area contributed by atoms with E-state index in [9.17, 15) is 0 Å². The molecule has 162 valence electrons. The van der Waals surface area contributed by atoms with E-state index >= 15 is 0 Å². The molecular formula is C30H38N+. The molecule has 0 heterocycles. The lowest BCUT2D eigenvalue weighted by atomic mass is 9.41. The second kappa shape index (κ2) is 6.96. The van der Waals surface area contributed by atoms with Gasteiger partial charge in [0.05, 0.1) is 5.92 Å². The largest absolute Gasteiger partial charge is 0.279 e. The van der Waals surface area contributed by atoms with E-state index in [-0.39, 0.29) is 16.9 Å². The molecule has 0 aromatic heterocycles. The Morgan fingerprint density at radius 2 is 2.00 bits per heavy atom. The topological polar surface area (TPSA) is 4.36 Å². The van der Waals surface area contributed by atoms with Gasteiger partial charge in [-0.1, -0.05) is 79.8 Å². The van der Waals surface area contributed by atoms with Crippen molar-refractivity contribution in [3.05, 3.63) is 76.8 Å².